The third-order valence-electron chi connectivity index (χ3n) is 9.26. The lowest BCUT2D eigenvalue weighted by Gasteiger charge is -2.44. The van der Waals surface area contributed by atoms with Crippen LogP contribution in [0.2, 0.25) is 0 Å². The van der Waals surface area contributed by atoms with E-state index < -0.39 is 5.60 Å². The summed E-state index contributed by atoms with van der Waals surface area (Å²) in [5.74, 6) is 1.16. The van der Waals surface area contributed by atoms with Crippen molar-refractivity contribution in [3.05, 3.63) is 59.7 Å². The fraction of sp³-hybridized carbons (Fsp3) is 0.562. The molecule has 0 radical (unpaired) electrons. The van der Waals surface area contributed by atoms with Crippen LogP contribution in [0.25, 0.3) is 0 Å². The van der Waals surface area contributed by atoms with E-state index >= 15 is 0 Å². The van der Waals surface area contributed by atoms with Crippen LogP contribution >= 0.6 is 0 Å². The average Bonchev–Trinajstić information content (AvgIpc) is 3.62. The molecule has 2 spiro atoms. The second-order valence-electron chi connectivity index (χ2n) is 12.7. The average molecular weight is 528 g/mol. The summed E-state index contributed by atoms with van der Waals surface area (Å²) in [5.41, 5.74) is 2.68. The van der Waals surface area contributed by atoms with Gasteiger partial charge in [-0.1, -0.05) is 25.5 Å². The van der Waals surface area contributed by atoms with Gasteiger partial charge in [-0.25, -0.2) is 4.98 Å². The largest absolute Gasteiger partial charge is 0.384 e. The molecule has 3 aliphatic rings. The summed E-state index contributed by atoms with van der Waals surface area (Å²) >= 11 is 0. The molecule has 3 fully saturated rings. The van der Waals surface area contributed by atoms with Crippen molar-refractivity contribution in [1.82, 2.24) is 9.97 Å². The minimum atomic E-state index is -1.07. The Morgan fingerprint density at radius 1 is 1.23 bits per heavy atom. The van der Waals surface area contributed by atoms with Crippen LogP contribution < -0.4 is 9.80 Å². The third-order valence-corrected chi connectivity index (χ3v) is 9.26. The highest BCUT2D eigenvalue weighted by molar-refractivity contribution is 5.95. The number of hydrogen-bond donors (Lipinski definition) is 1. The van der Waals surface area contributed by atoms with Crippen molar-refractivity contribution in [2.75, 3.05) is 22.9 Å². The summed E-state index contributed by atoms with van der Waals surface area (Å²) in [6.07, 6.45) is 16.1. The molecule has 1 amide bonds. The van der Waals surface area contributed by atoms with E-state index in [9.17, 15) is 15.2 Å². The smallest absolute Gasteiger partial charge is 0.228 e. The van der Waals surface area contributed by atoms with Crippen LogP contribution in [-0.2, 0) is 10.4 Å². The van der Waals surface area contributed by atoms with Crippen molar-refractivity contribution in [2.24, 2.45) is 16.7 Å². The first-order chi connectivity index (χ1) is 18.6. The van der Waals surface area contributed by atoms with Gasteiger partial charge in [-0.15, -0.1) is 0 Å². The van der Waals surface area contributed by atoms with Crippen molar-refractivity contribution in [3.8, 4) is 6.07 Å². The summed E-state index contributed by atoms with van der Waals surface area (Å²) in [6, 6.07) is 8.25. The second-order valence-corrected chi connectivity index (χ2v) is 12.7. The third kappa shape index (κ3) is 5.58. The van der Waals surface area contributed by atoms with E-state index in [1.807, 2.05) is 23.1 Å². The van der Waals surface area contributed by atoms with E-state index in [4.69, 9.17) is 0 Å². The topological polar surface area (TPSA) is 93.3 Å². The lowest BCUT2D eigenvalue weighted by atomic mass is 9.63. The first-order valence-corrected chi connectivity index (χ1v) is 14.4. The van der Waals surface area contributed by atoms with Gasteiger partial charge in [-0.3, -0.25) is 14.7 Å². The van der Waals surface area contributed by atoms with Crippen LogP contribution in [0.5, 0.6) is 0 Å². The van der Waals surface area contributed by atoms with Gasteiger partial charge in [-0.05, 0) is 93.7 Å². The van der Waals surface area contributed by atoms with Crippen molar-refractivity contribution in [3.63, 3.8) is 0 Å². The zero-order valence-corrected chi connectivity index (χ0v) is 23.8. The Morgan fingerprint density at radius 3 is 2.64 bits per heavy atom. The summed E-state index contributed by atoms with van der Waals surface area (Å²) in [6.45, 7) is 9.23. The van der Waals surface area contributed by atoms with E-state index in [0.29, 0.717) is 41.4 Å². The number of carbonyl (C=O) groups excluding carboxylic acids is 1. The number of anilines is 2. The number of rotatable bonds is 8. The van der Waals surface area contributed by atoms with Crippen molar-refractivity contribution in [1.29, 1.82) is 5.26 Å². The highest BCUT2D eigenvalue weighted by Crippen LogP contribution is 2.64. The zero-order chi connectivity index (χ0) is 27.8. The number of carbonyl (C=O) groups is 1. The van der Waals surface area contributed by atoms with Gasteiger partial charge in [0.15, 0.2) is 5.82 Å². The van der Waals surface area contributed by atoms with E-state index in [1.165, 1.54) is 18.4 Å². The maximum atomic E-state index is 13.3. The van der Waals surface area contributed by atoms with Gasteiger partial charge in [0.25, 0.3) is 0 Å². The summed E-state index contributed by atoms with van der Waals surface area (Å²) in [5, 5.41) is 19.8. The zero-order valence-electron chi connectivity index (χ0n) is 23.8. The number of aromatic nitrogens is 2. The van der Waals surface area contributed by atoms with Gasteiger partial charge >= 0.3 is 0 Å². The van der Waals surface area contributed by atoms with E-state index in [-0.39, 0.29) is 11.3 Å². The Balaban J connectivity index is 1.39. The quantitative estimate of drug-likeness (QED) is 0.452. The molecule has 7 nitrogen and oxygen atoms in total. The van der Waals surface area contributed by atoms with Crippen molar-refractivity contribution in [2.45, 2.75) is 84.7 Å². The summed E-state index contributed by atoms with van der Waals surface area (Å²) < 4.78 is 0. The number of aliphatic hydroxyl groups is 1. The monoisotopic (exact) mass is 527 g/mol. The van der Waals surface area contributed by atoms with Gasteiger partial charge in [0.1, 0.15) is 5.60 Å². The molecule has 206 valence electrons. The van der Waals surface area contributed by atoms with Crippen LogP contribution in [0.1, 0.15) is 89.0 Å². The Hall–Kier alpha value is -3.24. The van der Waals surface area contributed by atoms with E-state index in [2.05, 4.69) is 47.1 Å². The Morgan fingerprint density at radius 2 is 2.00 bits per heavy atom. The van der Waals surface area contributed by atoms with Crippen LogP contribution in [0.3, 0.4) is 0 Å². The first kappa shape index (κ1) is 27.3. The molecule has 0 bridgehead atoms. The Labute approximate surface area is 232 Å². The molecule has 2 aliphatic carbocycles. The molecule has 1 aliphatic heterocycles. The van der Waals surface area contributed by atoms with Crippen LogP contribution in [0.4, 0.5) is 11.5 Å². The fourth-order valence-corrected chi connectivity index (χ4v) is 6.66. The van der Waals surface area contributed by atoms with Crippen molar-refractivity contribution >= 4 is 17.4 Å². The van der Waals surface area contributed by atoms with Gasteiger partial charge in [-0.2, -0.15) is 5.26 Å². The molecule has 2 saturated carbocycles. The minimum Gasteiger partial charge on any atom is -0.384 e. The molecule has 1 aromatic heterocycles. The van der Waals surface area contributed by atoms with Gasteiger partial charge in [0, 0.05) is 31.4 Å². The molecular formula is C32H41N5O2. The van der Waals surface area contributed by atoms with Gasteiger partial charge < -0.3 is 10.0 Å². The standard InChI is InChI=1S/C32H41N5O2/c1-5-6-7-14-36(26-15-24(18-33)9-8-23(26)2)21-25-16-31(10-11-32(25)12-13-32)17-29(38)37(22-31)28-20-34-27(19-35-28)30(3,4)39/h7-9,14-15,19-20,25,39H,5-6,10-13,16-17,21-22H2,1-4H3/b14-7+/t25-,31-/m0/s1. The molecule has 7 heteroatoms. The maximum Gasteiger partial charge on any atom is 0.228 e. The first-order valence-electron chi connectivity index (χ1n) is 14.4. The summed E-state index contributed by atoms with van der Waals surface area (Å²) in [4.78, 5) is 26.4. The number of amides is 1. The normalized spacial score (nSPS) is 24.1. The second kappa shape index (κ2) is 10.4. The molecular weight excluding hydrogens is 486 g/mol. The molecule has 1 N–H and O–H groups in total. The molecule has 39 heavy (non-hydrogen) atoms. The number of benzene rings is 1. The molecule has 2 heterocycles. The maximum absolute atomic E-state index is 13.3. The summed E-state index contributed by atoms with van der Waals surface area (Å²) in [7, 11) is 0. The van der Waals surface area contributed by atoms with Gasteiger partial charge in [0.2, 0.25) is 5.91 Å². The SMILES string of the molecule is CCC/C=C/N(C[C@@H]1C[C@@]2(CCC13CC3)CC(=O)N(c1cnc(C(C)(C)O)cn1)C2)c1cc(C#N)ccc1C. The number of aryl methyl sites for hydroxylation is 1. The predicted molar refractivity (Wildman–Crippen MR) is 153 cm³/mol. The number of nitriles is 1. The molecule has 2 atom stereocenters. The molecule has 1 saturated heterocycles. The number of allylic oxidation sites excluding steroid dienone is 1. The van der Waals surface area contributed by atoms with E-state index in [1.54, 1.807) is 26.2 Å². The van der Waals surface area contributed by atoms with Crippen molar-refractivity contribution < 1.29 is 9.90 Å². The van der Waals surface area contributed by atoms with Crippen LogP contribution in [-0.4, -0.2) is 34.1 Å². The minimum absolute atomic E-state index is 0.0610. The van der Waals surface area contributed by atoms with Crippen LogP contribution in [0, 0.1) is 35.0 Å². The highest BCUT2D eigenvalue weighted by Gasteiger charge is 2.58. The Bertz CT molecular complexity index is 1290. The van der Waals surface area contributed by atoms with E-state index in [0.717, 1.165) is 44.3 Å². The molecule has 1 aromatic carbocycles. The number of nitrogens with zero attached hydrogens (tertiary/aromatic N) is 5. The predicted octanol–water partition coefficient (Wildman–Crippen LogP) is 6.01. The highest BCUT2D eigenvalue weighted by atomic mass is 16.3. The van der Waals surface area contributed by atoms with Crippen LogP contribution in [0.15, 0.2) is 42.9 Å². The van der Waals surface area contributed by atoms with Gasteiger partial charge in [0.05, 0.1) is 29.7 Å². The lowest BCUT2D eigenvalue weighted by Crippen LogP contribution is -2.42. The molecule has 2 aromatic rings. The number of hydrogen-bond acceptors (Lipinski definition) is 6. The molecule has 5 rings (SSSR count). The number of unbranched alkanes of at least 4 members (excludes halogenated alkanes) is 1. The Kier molecular flexibility index (Phi) is 7.28. The lowest BCUT2D eigenvalue weighted by molar-refractivity contribution is -0.118. The fourth-order valence-electron chi connectivity index (χ4n) is 6.66. The molecule has 0 unspecified atom stereocenters.